The van der Waals surface area contributed by atoms with Crippen LogP contribution in [-0.4, -0.2) is 38.5 Å². The molecular formula is C22H25N5O2S. The van der Waals surface area contributed by atoms with Crippen molar-refractivity contribution in [3.05, 3.63) is 60.2 Å². The summed E-state index contributed by atoms with van der Waals surface area (Å²) in [6.07, 6.45) is 7.00. The van der Waals surface area contributed by atoms with Crippen LogP contribution in [0.15, 0.2) is 54.1 Å². The third-order valence-electron chi connectivity index (χ3n) is 5.21. The number of benzene rings is 1. The van der Waals surface area contributed by atoms with Gasteiger partial charge in [-0.1, -0.05) is 25.6 Å². The van der Waals surface area contributed by atoms with E-state index in [0.717, 1.165) is 35.5 Å². The van der Waals surface area contributed by atoms with Gasteiger partial charge in [0.15, 0.2) is 5.16 Å². The molecule has 2 aromatic heterocycles. The third kappa shape index (κ3) is 4.48. The van der Waals surface area contributed by atoms with Crippen LogP contribution in [0, 0.1) is 5.41 Å². The largest absolute Gasteiger partial charge is 0.497 e. The van der Waals surface area contributed by atoms with Gasteiger partial charge in [0.05, 0.1) is 36.5 Å². The summed E-state index contributed by atoms with van der Waals surface area (Å²) in [5.74, 6) is 1.06. The number of carbonyl (C=O) groups is 1. The van der Waals surface area contributed by atoms with Crippen molar-refractivity contribution in [3.63, 3.8) is 0 Å². The Bertz CT molecular complexity index is 1020. The average molecular weight is 424 g/mol. The highest BCUT2D eigenvalue weighted by molar-refractivity contribution is 7.99. The Balaban J connectivity index is 1.53. The molecule has 30 heavy (non-hydrogen) atoms. The fourth-order valence-electron chi connectivity index (χ4n) is 3.84. The maximum absolute atomic E-state index is 12.6. The van der Waals surface area contributed by atoms with Gasteiger partial charge in [-0.2, -0.15) is 5.10 Å². The highest BCUT2D eigenvalue weighted by Crippen LogP contribution is 2.41. The molecular weight excluding hydrogens is 398 g/mol. The van der Waals surface area contributed by atoms with Crippen molar-refractivity contribution < 1.29 is 9.53 Å². The summed E-state index contributed by atoms with van der Waals surface area (Å²) in [6.45, 7) is 4.46. The van der Waals surface area contributed by atoms with E-state index in [4.69, 9.17) is 4.74 Å². The van der Waals surface area contributed by atoms with E-state index in [1.54, 1.807) is 25.6 Å². The number of nitrogens with zero attached hydrogens (tertiary/aromatic N) is 4. The molecule has 7 nitrogen and oxygen atoms in total. The highest BCUT2D eigenvalue weighted by atomic mass is 32.2. The lowest BCUT2D eigenvalue weighted by molar-refractivity contribution is -0.119. The van der Waals surface area contributed by atoms with Crippen LogP contribution < -0.4 is 10.1 Å². The minimum Gasteiger partial charge on any atom is -0.497 e. The summed E-state index contributed by atoms with van der Waals surface area (Å²) >= 11 is 1.34. The molecule has 8 heteroatoms. The second-order valence-electron chi connectivity index (χ2n) is 8.14. The minimum atomic E-state index is -0.0689. The lowest BCUT2D eigenvalue weighted by atomic mass is 9.74. The van der Waals surface area contributed by atoms with Gasteiger partial charge in [-0.3, -0.25) is 4.79 Å². The quantitative estimate of drug-likeness (QED) is 0.482. The molecule has 1 N–H and O–H groups in total. The normalized spacial score (nSPS) is 17.2. The van der Waals surface area contributed by atoms with E-state index < -0.39 is 0 Å². The number of ether oxygens (including phenoxy) is 1. The van der Waals surface area contributed by atoms with Gasteiger partial charge in [-0.05, 0) is 48.6 Å². The molecule has 3 aromatic rings. The maximum atomic E-state index is 12.6. The summed E-state index contributed by atoms with van der Waals surface area (Å²) in [6, 6.07) is 9.55. The fourth-order valence-corrected chi connectivity index (χ4v) is 4.46. The molecule has 0 saturated heterocycles. The van der Waals surface area contributed by atoms with Gasteiger partial charge in [0.1, 0.15) is 5.75 Å². The van der Waals surface area contributed by atoms with Crippen molar-refractivity contribution in [2.45, 2.75) is 37.9 Å². The topological polar surface area (TPSA) is 81.9 Å². The van der Waals surface area contributed by atoms with Crippen LogP contribution in [-0.2, 0) is 11.2 Å². The molecule has 1 aliphatic carbocycles. The number of nitrogens with one attached hydrogen (secondary N) is 1. The first-order valence-electron chi connectivity index (χ1n) is 9.85. The van der Waals surface area contributed by atoms with Crippen molar-refractivity contribution >= 4 is 17.7 Å². The Morgan fingerprint density at radius 1 is 1.27 bits per heavy atom. The molecule has 2 heterocycles. The number of rotatable bonds is 6. The van der Waals surface area contributed by atoms with Crippen LogP contribution in [0.25, 0.3) is 5.69 Å². The van der Waals surface area contributed by atoms with E-state index in [2.05, 4.69) is 34.2 Å². The predicted molar refractivity (Wildman–Crippen MR) is 116 cm³/mol. The number of methoxy groups -OCH3 is 1. The van der Waals surface area contributed by atoms with E-state index in [1.807, 2.05) is 35.1 Å². The predicted octanol–water partition coefficient (Wildman–Crippen LogP) is 3.59. The van der Waals surface area contributed by atoms with Crippen molar-refractivity contribution in [1.29, 1.82) is 0 Å². The first-order valence-corrected chi connectivity index (χ1v) is 10.8. The van der Waals surface area contributed by atoms with Crippen molar-refractivity contribution in [1.82, 2.24) is 25.1 Å². The SMILES string of the molecule is COc1ccc(-n2ncc3c2CC(C)(C)C[C@H]3NC(=O)CSc2ncccn2)cc1. The van der Waals surface area contributed by atoms with Gasteiger partial charge in [0.25, 0.3) is 0 Å². The zero-order chi connectivity index (χ0) is 21.1. The summed E-state index contributed by atoms with van der Waals surface area (Å²) in [7, 11) is 1.66. The number of aromatic nitrogens is 4. The Kier molecular flexibility index (Phi) is 5.76. The molecule has 156 valence electrons. The highest BCUT2D eigenvalue weighted by Gasteiger charge is 2.36. The van der Waals surface area contributed by atoms with Gasteiger partial charge in [0.2, 0.25) is 5.91 Å². The fraction of sp³-hybridized carbons (Fsp3) is 0.364. The Hall–Kier alpha value is -2.87. The number of hydrogen-bond donors (Lipinski definition) is 1. The molecule has 1 atom stereocenters. The van der Waals surface area contributed by atoms with Crippen LogP contribution >= 0.6 is 11.8 Å². The molecule has 1 amide bonds. The summed E-state index contributed by atoms with van der Waals surface area (Å²) in [4.78, 5) is 20.9. The number of fused-ring (bicyclic) bond motifs is 1. The summed E-state index contributed by atoms with van der Waals surface area (Å²) in [5.41, 5.74) is 3.25. The molecule has 4 rings (SSSR count). The molecule has 0 aliphatic heterocycles. The van der Waals surface area contributed by atoms with Gasteiger partial charge in [0, 0.05) is 18.0 Å². The van der Waals surface area contributed by atoms with Crippen molar-refractivity contribution in [2.24, 2.45) is 5.41 Å². The molecule has 0 saturated carbocycles. The Morgan fingerprint density at radius 3 is 2.70 bits per heavy atom. The monoisotopic (exact) mass is 423 g/mol. The lowest BCUT2D eigenvalue weighted by Crippen LogP contribution is -2.37. The smallest absolute Gasteiger partial charge is 0.230 e. The van der Waals surface area contributed by atoms with Crippen LogP contribution in [0.1, 0.15) is 37.6 Å². The van der Waals surface area contributed by atoms with Gasteiger partial charge < -0.3 is 10.1 Å². The van der Waals surface area contributed by atoms with Gasteiger partial charge in [-0.15, -0.1) is 0 Å². The summed E-state index contributed by atoms with van der Waals surface area (Å²) in [5, 5.41) is 8.44. The Labute approximate surface area is 180 Å². The van der Waals surface area contributed by atoms with Crippen LogP contribution in [0.2, 0.25) is 0 Å². The van der Waals surface area contributed by atoms with Crippen molar-refractivity contribution in [2.75, 3.05) is 12.9 Å². The number of thioether (sulfide) groups is 1. The maximum Gasteiger partial charge on any atom is 0.230 e. The Morgan fingerprint density at radius 2 is 2.00 bits per heavy atom. The van der Waals surface area contributed by atoms with E-state index >= 15 is 0 Å². The van der Waals surface area contributed by atoms with Crippen molar-refractivity contribution in [3.8, 4) is 11.4 Å². The zero-order valence-electron chi connectivity index (χ0n) is 17.3. The average Bonchev–Trinajstić information content (AvgIpc) is 3.16. The first kappa shape index (κ1) is 20.4. The molecule has 0 bridgehead atoms. The van der Waals surface area contributed by atoms with Crippen LogP contribution in [0.4, 0.5) is 0 Å². The van der Waals surface area contributed by atoms with Crippen LogP contribution in [0.3, 0.4) is 0 Å². The van der Waals surface area contributed by atoms with E-state index in [1.165, 1.54) is 11.8 Å². The molecule has 0 unspecified atom stereocenters. The second-order valence-corrected chi connectivity index (χ2v) is 9.08. The van der Waals surface area contributed by atoms with Crippen LogP contribution in [0.5, 0.6) is 5.75 Å². The lowest BCUT2D eigenvalue weighted by Gasteiger charge is -2.36. The minimum absolute atomic E-state index is 0.0294. The molecule has 0 spiro atoms. The number of hydrogen-bond acceptors (Lipinski definition) is 6. The van der Waals surface area contributed by atoms with E-state index in [0.29, 0.717) is 5.16 Å². The van der Waals surface area contributed by atoms with Gasteiger partial charge in [-0.25, -0.2) is 14.6 Å². The van der Waals surface area contributed by atoms with E-state index in [-0.39, 0.29) is 23.1 Å². The molecule has 1 aromatic carbocycles. The standard InChI is InChI=1S/C22H25N5O2S/c1-22(2)11-18(26-20(28)14-30-21-23-9-4-10-24-21)17-13-25-27(19(17)12-22)15-5-7-16(29-3)8-6-15/h4-10,13,18H,11-12,14H2,1-3H3,(H,26,28)/t18-/m1/s1. The number of carbonyl (C=O) groups excluding carboxylic acids is 1. The molecule has 0 fully saturated rings. The zero-order valence-corrected chi connectivity index (χ0v) is 18.1. The first-order chi connectivity index (χ1) is 14.4. The third-order valence-corrected chi connectivity index (χ3v) is 6.08. The van der Waals surface area contributed by atoms with E-state index in [9.17, 15) is 4.79 Å². The molecule has 1 aliphatic rings. The number of amides is 1. The second kappa shape index (κ2) is 8.47. The summed E-state index contributed by atoms with van der Waals surface area (Å²) < 4.78 is 7.23. The molecule has 0 radical (unpaired) electrons. The van der Waals surface area contributed by atoms with Gasteiger partial charge >= 0.3 is 0 Å².